The highest BCUT2D eigenvalue weighted by Gasteiger charge is 2.48. The summed E-state index contributed by atoms with van der Waals surface area (Å²) < 4.78 is 5.82. The number of carboxylic acid groups (broad SMARTS) is 1. The van der Waals surface area contributed by atoms with Crippen LogP contribution in [0, 0.1) is 5.92 Å². The van der Waals surface area contributed by atoms with Gasteiger partial charge in [0.1, 0.15) is 0 Å². The highest BCUT2D eigenvalue weighted by molar-refractivity contribution is 5.80. The van der Waals surface area contributed by atoms with Crippen molar-refractivity contribution in [3.8, 4) is 0 Å². The molecule has 3 nitrogen and oxygen atoms in total. The molecule has 1 saturated carbocycles. The smallest absolute Gasteiger partial charge is 0.340 e. The van der Waals surface area contributed by atoms with Gasteiger partial charge in [-0.2, -0.15) is 0 Å². The van der Waals surface area contributed by atoms with E-state index in [1.807, 2.05) is 37.3 Å². The van der Waals surface area contributed by atoms with Gasteiger partial charge < -0.3 is 9.84 Å². The molecule has 0 radical (unpaired) electrons. The first-order chi connectivity index (χ1) is 9.21. The number of benzene rings is 1. The summed E-state index contributed by atoms with van der Waals surface area (Å²) in [6.07, 6.45) is 5.26. The maximum atomic E-state index is 12.0. The minimum Gasteiger partial charge on any atom is -0.479 e. The summed E-state index contributed by atoms with van der Waals surface area (Å²) in [4.78, 5) is 12.0. The SMILES string of the molecule is CCOC(C(=O)O)(c1ccccc1)C1CCCCC1. The number of ether oxygens (including phenoxy) is 1. The average molecular weight is 262 g/mol. The Morgan fingerprint density at radius 2 is 1.89 bits per heavy atom. The maximum Gasteiger partial charge on any atom is 0.340 e. The van der Waals surface area contributed by atoms with E-state index in [2.05, 4.69) is 0 Å². The second-order valence-electron chi connectivity index (χ2n) is 5.17. The van der Waals surface area contributed by atoms with Crippen LogP contribution in [0.3, 0.4) is 0 Å². The third kappa shape index (κ3) is 2.66. The zero-order valence-corrected chi connectivity index (χ0v) is 11.5. The quantitative estimate of drug-likeness (QED) is 0.882. The van der Waals surface area contributed by atoms with Gasteiger partial charge in [0, 0.05) is 12.5 Å². The van der Waals surface area contributed by atoms with E-state index >= 15 is 0 Å². The van der Waals surface area contributed by atoms with Gasteiger partial charge in [0.15, 0.2) is 5.60 Å². The monoisotopic (exact) mass is 262 g/mol. The molecule has 0 heterocycles. The predicted octanol–water partition coefficient (Wildman–Crippen LogP) is 3.58. The summed E-state index contributed by atoms with van der Waals surface area (Å²) in [6.45, 7) is 2.28. The molecule has 0 aromatic heterocycles. The van der Waals surface area contributed by atoms with Crippen molar-refractivity contribution in [1.82, 2.24) is 0 Å². The first-order valence-corrected chi connectivity index (χ1v) is 7.14. The Bertz CT molecular complexity index is 409. The molecule has 3 heteroatoms. The lowest BCUT2D eigenvalue weighted by atomic mass is 9.73. The van der Waals surface area contributed by atoms with Gasteiger partial charge in [-0.3, -0.25) is 0 Å². The van der Waals surface area contributed by atoms with Crippen molar-refractivity contribution >= 4 is 5.97 Å². The molecule has 1 aliphatic rings. The molecule has 0 amide bonds. The van der Waals surface area contributed by atoms with Crippen LogP contribution in [0.15, 0.2) is 30.3 Å². The normalized spacial score (nSPS) is 19.8. The predicted molar refractivity (Wildman–Crippen MR) is 74.0 cm³/mol. The lowest BCUT2D eigenvalue weighted by molar-refractivity contribution is -0.179. The number of rotatable bonds is 5. The number of carbonyl (C=O) groups is 1. The molecular formula is C16H22O3. The van der Waals surface area contributed by atoms with Crippen LogP contribution in [0.25, 0.3) is 0 Å². The molecule has 2 rings (SSSR count). The van der Waals surface area contributed by atoms with E-state index in [9.17, 15) is 9.90 Å². The molecule has 1 N–H and O–H groups in total. The van der Waals surface area contributed by atoms with E-state index in [4.69, 9.17) is 4.74 Å². The fourth-order valence-electron chi connectivity index (χ4n) is 3.22. The van der Waals surface area contributed by atoms with Gasteiger partial charge in [0.05, 0.1) is 0 Å². The van der Waals surface area contributed by atoms with Crippen LogP contribution >= 0.6 is 0 Å². The second kappa shape index (κ2) is 6.20. The summed E-state index contributed by atoms with van der Waals surface area (Å²) in [5.74, 6) is -0.784. The summed E-state index contributed by atoms with van der Waals surface area (Å²) in [5.41, 5.74) is -0.396. The van der Waals surface area contributed by atoms with Crippen molar-refractivity contribution in [3.05, 3.63) is 35.9 Å². The largest absolute Gasteiger partial charge is 0.479 e. The van der Waals surface area contributed by atoms with Crippen molar-refractivity contribution in [3.63, 3.8) is 0 Å². The Morgan fingerprint density at radius 1 is 1.26 bits per heavy atom. The minimum atomic E-state index is -1.17. The van der Waals surface area contributed by atoms with Crippen LogP contribution in [-0.2, 0) is 15.1 Å². The fourth-order valence-corrected chi connectivity index (χ4v) is 3.22. The van der Waals surface area contributed by atoms with Crippen LogP contribution < -0.4 is 0 Å². The molecule has 104 valence electrons. The number of aliphatic carboxylic acids is 1. The lowest BCUT2D eigenvalue weighted by Gasteiger charge is -2.39. The van der Waals surface area contributed by atoms with Crippen LogP contribution in [0.2, 0.25) is 0 Å². The molecule has 1 aliphatic carbocycles. The third-order valence-electron chi connectivity index (χ3n) is 4.07. The van der Waals surface area contributed by atoms with Crippen LogP contribution in [0.4, 0.5) is 0 Å². The Balaban J connectivity index is 2.43. The van der Waals surface area contributed by atoms with E-state index in [-0.39, 0.29) is 5.92 Å². The molecule has 19 heavy (non-hydrogen) atoms. The van der Waals surface area contributed by atoms with E-state index in [0.29, 0.717) is 6.61 Å². The van der Waals surface area contributed by atoms with Crippen molar-refractivity contribution in [1.29, 1.82) is 0 Å². The fraction of sp³-hybridized carbons (Fsp3) is 0.562. The van der Waals surface area contributed by atoms with Gasteiger partial charge in [0.25, 0.3) is 0 Å². The van der Waals surface area contributed by atoms with Crippen molar-refractivity contribution in [2.45, 2.75) is 44.6 Å². The van der Waals surface area contributed by atoms with Gasteiger partial charge >= 0.3 is 5.97 Å². The highest BCUT2D eigenvalue weighted by Crippen LogP contribution is 2.42. The van der Waals surface area contributed by atoms with Gasteiger partial charge in [0.2, 0.25) is 0 Å². The zero-order chi connectivity index (χ0) is 13.7. The maximum absolute atomic E-state index is 12.0. The average Bonchev–Trinajstić information content (AvgIpc) is 2.46. The van der Waals surface area contributed by atoms with E-state index in [1.165, 1.54) is 6.42 Å². The summed E-state index contributed by atoms with van der Waals surface area (Å²) in [6, 6.07) is 9.42. The Morgan fingerprint density at radius 3 is 2.42 bits per heavy atom. The topological polar surface area (TPSA) is 46.5 Å². The standard InChI is InChI=1S/C16H22O3/c1-2-19-16(15(17)18,13-9-5-3-6-10-13)14-11-7-4-8-12-14/h3,5-6,9-10,14H,2,4,7-8,11-12H2,1H3,(H,17,18). The highest BCUT2D eigenvalue weighted by atomic mass is 16.5. The molecule has 0 bridgehead atoms. The van der Waals surface area contributed by atoms with Gasteiger partial charge in [-0.1, -0.05) is 49.6 Å². The molecule has 1 unspecified atom stereocenters. The van der Waals surface area contributed by atoms with Crippen molar-refractivity contribution in [2.75, 3.05) is 6.61 Å². The van der Waals surface area contributed by atoms with Crippen LogP contribution in [0.1, 0.15) is 44.6 Å². The summed E-state index contributed by atoms with van der Waals surface area (Å²) in [7, 11) is 0. The second-order valence-corrected chi connectivity index (χ2v) is 5.17. The van der Waals surface area contributed by atoms with E-state index < -0.39 is 11.6 Å². The summed E-state index contributed by atoms with van der Waals surface area (Å²) >= 11 is 0. The Labute approximate surface area is 114 Å². The zero-order valence-electron chi connectivity index (χ0n) is 11.5. The molecule has 0 aliphatic heterocycles. The molecule has 1 fully saturated rings. The molecule has 0 spiro atoms. The molecule has 1 atom stereocenters. The summed E-state index contributed by atoms with van der Waals surface area (Å²) in [5, 5.41) is 9.84. The number of carboxylic acids is 1. The van der Waals surface area contributed by atoms with E-state index in [1.54, 1.807) is 0 Å². The molecule has 1 aromatic rings. The molecule has 0 saturated heterocycles. The van der Waals surface area contributed by atoms with Crippen molar-refractivity contribution < 1.29 is 14.6 Å². The Kier molecular flexibility index (Phi) is 4.59. The minimum absolute atomic E-state index is 0.0705. The van der Waals surface area contributed by atoms with Crippen LogP contribution in [-0.4, -0.2) is 17.7 Å². The first-order valence-electron chi connectivity index (χ1n) is 7.14. The lowest BCUT2D eigenvalue weighted by Crippen LogP contribution is -2.46. The van der Waals surface area contributed by atoms with Crippen molar-refractivity contribution in [2.24, 2.45) is 5.92 Å². The number of hydrogen-bond acceptors (Lipinski definition) is 2. The van der Waals surface area contributed by atoms with Gasteiger partial charge in [-0.25, -0.2) is 4.79 Å². The molecular weight excluding hydrogens is 240 g/mol. The van der Waals surface area contributed by atoms with E-state index in [0.717, 1.165) is 31.2 Å². The van der Waals surface area contributed by atoms with Gasteiger partial charge in [-0.15, -0.1) is 0 Å². The number of hydrogen-bond donors (Lipinski definition) is 1. The molecule has 1 aromatic carbocycles. The first kappa shape index (κ1) is 14.1. The Hall–Kier alpha value is -1.35. The van der Waals surface area contributed by atoms with Crippen LogP contribution in [0.5, 0.6) is 0 Å². The van der Waals surface area contributed by atoms with Gasteiger partial charge in [-0.05, 0) is 25.3 Å². The third-order valence-corrected chi connectivity index (χ3v) is 4.07.